The molecule has 0 aliphatic carbocycles. The number of carbonyl (C=O) groups is 1. The lowest BCUT2D eigenvalue weighted by Gasteiger charge is -2.36. The molecule has 132 valence electrons. The Kier molecular flexibility index (Phi) is 4.81. The maximum Gasteiger partial charge on any atom is 0.323 e. The number of hydrogen-bond acceptors (Lipinski definition) is 4. The van der Waals surface area contributed by atoms with Gasteiger partial charge in [-0.05, 0) is 24.3 Å². The first-order valence-electron chi connectivity index (χ1n) is 7.29. The van der Waals surface area contributed by atoms with Gasteiger partial charge in [-0.1, -0.05) is 34.1 Å². The first kappa shape index (κ1) is 17.8. The molecule has 9 heteroatoms. The van der Waals surface area contributed by atoms with Crippen LogP contribution in [0.3, 0.4) is 0 Å². The minimum absolute atomic E-state index is 0.0139. The third-order valence-electron chi connectivity index (χ3n) is 3.84. The van der Waals surface area contributed by atoms with Crippen LogP contribution in [0.15, 0.2) is 51.8 Å². The molecule has 1 aliphatic heterocycles. The lowest BCUT2D eigenvalue weighted by molar-refractivity contribution is -0.135. The SMILES string of the molecule is O=C(O)CN1CN(Cc2ccc(Br)cc2F)S(=O)(=O)c2ccccc21. The largest absolute Gasteiger partial charge is 0.480 e. The Balaban J connectivity index is 2.01. The number of anilines is 1. The van der Waals surface area contributed by atoms with Crippen molar-refractivity contribution in [1.82, 2.24) is 4.31 Å². The minimum Gasteiger partial charge on any atom is -0.480 e. The zero-order valence-electron chi connectivity index (χ0n) is 12.9. The van der Waals surface area contributed by atoms with Crippen LogP contribution in [0.25, 0.3) is 0 Å². The molecule has 0 spiro atoms. The van der Waals surface area contributed by atoms with Crippen molar-refractivity contribution >= 4 is 37.6 Å². The average molecular weight is 429 g/mol. The van der Waals surface area contributed by atoms with E-state index in [4.69, 9.17) is 5.11 Å². The van der Waals surface area contributed by atoms with Gasteiger partial charge >= 0.3 is 5.97 Å². The summed E-state index contributed by atoms with van der Waals surface area (Å²) in [4.78, 5) is 12.6. The van der Waals surface area contributed by atoms with Gasteiger partial charge in [0, 0.05) is 16.6 Å². The van der Waals surface area contributed by atoms with Gasteiger partial charge in [0.2, 0.25) is 10.0 Å². The van der Waals surface area contributed by atoms with E-state index in [1.54, 1.807) is 24.3 Å². The molecule has 0 radical (unpaired) electrons. The van der Waals surface area contributed by atoms with Crippen molar-refractivity contribution in [3.8, 4) is 0 Å². The van der Waals surface area contributed by atoms with E-state index >= 15 is 0 Å². The quantitative estimate of drug-likeness (QED) is 0.809. The fraction of sp³-hybridized carbons (Fsp3) is 0.188. The van der Waals surface area contributed by atoms with Gasteiger partial charge < -0.3 is 10.0 Å². The summed E-state index contributed by atoms with van der Waals surface area (Å²) in [7, 11) is -3.86. The third kappa shape index (κ3) is 3.53. The summed E-state index contributed by atoms with van der Waals surface area (Å²) in [6, 6.07) is 10.6. The number of rotatable bonds is 4. The van der Waals surface area contributed by atoms with Gasteiger partial charge in [0.15, 0.2) is 0 Å². The molecule has 6 nitrogen and oxygen atoms in total. The van der Waals surface area contributed by atoms with Gasteiger partial charge in [-0.25, -0.2) is 12.8 Å². The number of nitrogens with zero attached hydrogens (tertiary/aromatic N) is 2. The third-order valence-corrected chi connectivity index (χ3v) is 6.16. The van der Waals surface area contributed by atoms with E-state index in [9.17, 15) is 17.6 Å². The van der Waals surface area contributed by atoms with E-state index in [1.807, 2.05) is 0 Å². The topological polar surface area (TPSA) is 77.9 Å². The van der Waals surface area contributed by atoms with Crippen molar-refractivity contribution < 1.29 is 22.7 Å². The Labute approximate surface area is 152 Å². The summed E-state index contributed by atoms with van der Waals surface area (Å²) in [5.74, 6) is -1.61. The van der Waals surface area contributed by atoms with Crippen molar-refractivity contribution in [2.75, 3.05) is 18.1 Å². The lowest BCUT2D eigenvalue weighted by atomic mass is 10.2. The number of halogens is 2. The molecule has 1 heterocycles. The monoisotopic (exact) mass is 428 g/mol. The van der Waals surface area contributed by atoms with Crippen molar-refractivity contribution in [1.29, 1.82) is 0 Å². The van der Waals surface area contributed by atoms with E-state index in [0.29, 0.717) is 10.2 Å². The van der Waals surface area contributed by atoms with Crippen LogP contribution in [0.2, 0.25) is 0 Å². The second-order valence-corrected chi connectivity index (χ2v) is 8.37. The fourth-order valence-electron chi connectivity index (χ4n) is 2.69. The lowest BCUT2D eigenvalue weighted by Crippen LogP contribution is -2.47. The van der Waals surface area contributed by atoms with Crippen LogP contribution < -0.4 is 4.90 Å². The van der Waals surface area contributed by atoms with Crippen molar-refractivity contribution in [2.24, 2.45) is 0 Å². The molecule has 2 aromatic rings. The molecule has 3 rings (SSSR count). The Morgan fingerprint density at radius 3 is 2.64 bits per heavy atom. The normalized spacial score (nSPS) is 16.5. The summed E-state index contributed by atoms with van der Waals surface area (Å²) in [5, 5.41) is 9.10. The number of benzene rings is 2. The van der Waals surface area contributed by atoms with E-state index in [2.05, 4.69) is 15.9 Å². The number of sulfonamides is 1. The molecule has 1 aliphatic rings. The van der Waals surface area contributed by atoms with Crippen LogP contribution >= 0.6 is 15.9 Å². The predicted octanol–water partition coefficient (Wildman–Crippen LogP) is 2.64. The molecular weight excluding hydrogens is 415 g/mol. The number of carboxylic acid groups (broad SMARTS) is 1. The first-order valence-corrected chi connectivity index (χ1v) is 9.52. The predicted molar refractivity (Wildman–Crippen MR) is 93.1 cm³/mol. The van der Waals surface area contributed by atoms with Gasteiger partial charge in [-0.3, -0.25) is 4.79 Å². The highest BCUT2D eigenvalue weighted by molar-refractivity contribution is 9.10. The Hall–Kier alpha value is -1.97. The molecule has 0 saturated carbocycles. The maximum atomic E-state index is 14.1. The molecule has 2 aromatic carbocycles. The number of aliphatic carboxylic acids is 1. The Bertz CT molecular complexity index is 935. The van der Waals surface area contributed by atoms with Crippen molar-refractivity contribution in [3.05, 3.63) is 58.3 Å². The van der Waals surface area contributed by atoms with Crippen molar-refractivity contribution in [2.45, 2.75) is 11.4 Å². The molecule has 25 heavy (non-hydrogen) atoms. The molecule has 0 unspecified atom stereocenters. The van der Waals surface area contributed by atoms with Crippen LogP contribution in [0.4, 0.5) is 10.1 Å². The second-order valence-electron chi connectivity index (χ2n) is 5.55. The number of para-hydroxylation sites is 1. The molecule has 0 fully saturated rings. The van der Waals surface area contributed by atoms with E-state index in [1.165, 1.54) is 23.1 Å². The summed E-state index contributed by atoms with van der Waals surface area (Å²) < 4.78 is 41.4. The van der Waals surface area contributed by atoms with Gasteiger partial charge in [0.05, 0.1) is 12.4 Å². The van der Waals surface area contributed by atoms with Crippen molar-refractivity contribution in [3.63, 3.8) is 0 Å². The second kappa shape index (κ2) is 6.74. The number of fused-ring (bicyclic) bond motifs is 1. The van der Waals surface area contributed by atoms with E-state index in [0.717, 1.165) is 4.31 Å². The van der Waals surface area contributed by atoms with Crippen LogP contribution in [0.5, 0.6) is 0 Å². The van der Waals surface area contributed by atoms with Crippen LogP contribution in [0, 0.1) is 5.82 Å². The highest BCUT2D eigenvalue weighted by Crippen LogP contribution is 2.34. The summed E-state index contributed by atoms with van der Waals surface area (Å²) in [6.07, 6.45) is 0. The van der Waals surface area contributed by atoms with Crippen LogP contribution in [-0.2, 0) is 21.4 Å². The molecule has 0 aromatic heterocycles. The zero-order valence-corrected chi connectivity index (χ0v) is 15.3. The number of hydrogen-bond donors (Lipinski definition) is 1. The van der Waals surface area contributed by atoms with Crippen LogP contribution in [0.1, 0.15) is 5.56 Å². The van der Waals surface area contributed by atoms with E-state index < -0.39 is 21.8 Å². The van der Waals surface area contributed by atoms with Crippen LogP contribution in [-0.4, -0.2) is 37.0 Å². The molecule has 1 N–H and O–H groups in total. The van der Waals surface area contributed by atoms with Gasteiger partial charge in [-0.2, -0.15) is 4.31 Å². The minimum atomic E-state index is -3.86. The molecule has 0 saturated heterocycles. The highest BCUT2D eigenvalue weighted by atomic mass is 79.9. The summed E-state index contributed by atoms with van der Waals surface area (Å²) in [5.41, 5.74) is 0.541. The molecule has 0 bridgehead atoms. The van der Waals surface area contributed by atoms with Gasteiger partial charge in [-0.15, -0.1) is 0 Å². The van der Waals surface area contributed by atoms with E-state index in [-0.39, 0.29) is 30.2 Å². The first-order chi connectivity index (χ1) is 11.8. The maximum absolute atomic E-state index is 14.1. The number of carboxylic acids is 1. The molecular formula is C16H14BrFN2O4S. The smallest absolute Gasteiger partial charge is 0.323 e. The standard InChI is InChI=1S/C16H14BrFN2O4S/c17-12-6-5-11(13(18)7-12)8-20-10-19(9-16(21)22)14-3-1-2-4-15(14)25(20,23)24/h1-7H,8-10H2,(H,21,22). The van der Waals surface area contributed by atoms with Gasteiger partial charge in [0.1, 0.15) is 17.3 Å². The fourth-order valence-corrected chi connectivity index (χ4v) is 4.62. The average Bonchev–Trinajstić information content (AvgIpc) is 2.54. The summed E-state index contributed by atoms with van der Waals surface area (Å²) >= 11 is 3.16. The Morgan fingerprint density at radius 1 is 1.24 bits per heavy atom. The molecule has 0 atom stereocenters. The highest BCUT2D eigenvalue weighted by Gasteiger charge is 2.36. The Morgan fingerprint density at radius 2 is 1.96 bits per heavy atom. The van der Waals surface area contributed by atoms with Gasteiger partial charge in [0.25, 0.3) is 0 Å². The zero-order chi connectivity index (χ0) is 18.2. The summed E-state index contributed by atoms with van der Waals surface area (Å²) in [6.45, 7) is -0.709. The molecule has 0 amide bonds.